The van der Waals surface area contributed by atoms with E-state index in [0.29, 0.717) is 0 Å². The predicted molar refractivity (Wildman–Crippen MR) is 27.3 cm³/mol. The van der Waals surface area contributed by atoms with Crippen LogP contribution < -0.4 is 0 Å². The zero-order valence-electron chi connectivity index (χ0n) is 3.83. The van der Waals surface area contributed by atoms with Crippen molar-refractivity contribution in [3.05, 3.63) is 0 Å². The normalized spacial score (nSPS) is 5.83. The molecule has 0 aliphatic heterocycles. The topological polar surface area (TPSA) is 3.24 Å². The van der Waals surface area contributed by atoms with Crippen molar-refractivity contribution in [1.82, 2.24) is 4.90 Å². The molecule has 0 rings (SSSR count). The number of hydrogen-bond donors (Lipinski definition) is 0. The molecule has 0 aliphatic carbocycles. The highest BCUT2D eigenvalue weighted by molar-refractivity contribution is 6.30. The molecule has 6 heavy (non-hydrogen) atoms. The SMILES string of the molecule is CN(C)C#CCl. The first-order valence-electron chi connectivity index (χ1n) is 1.56. The molecule has 0 aromatic heterocycles. The van der Waals surface area contributed by atoms with Crippen molar-refractivity contribution in [1.29, 1.82) is 0 Å². The lowest BCUT2D eigenvalue weighted by Gasteiger charge is -1.94. The van der Waals surface area contributed by atoms with Crippen LogP contribution in [-0.2, 0) is 0 Å². The molecule has 0 radical (unpaired) electrons. The van der Waals surface area contributed by atoms with E-state index in [1.54, 1.807) is 4.90 Å². The minimum absolute atomic E-state index is 1.69. The lowest BCUT2D eigenvalue weighted by molar-refractivity contribution is 0.598. The van der Waals surface area contributed by atoms with Gasteiger partial charge in [-0.1, -0.05) is 0 Å². The summed E-state index contributed by atoms with van der Waals surface area (Å²) >= 11 is 4.99. The van der Waals surface area contributed by atoms with E-state index < -0.39 is 0 Å². The average molecular weight is 104 g/mol. The zero-order valence-corrected chi connectivity index (χ0v) is 4.58. The van der Waals surface area contributed by atoms with Crippen molar-refractivity contribution in [3.8, 4) is 11.4 Å². The van der Waals surface area contributed by atoms with Crippen LogP contribution in [0.5, 0.6) is 0 Å². The molecule has 2 heteroatoms. The summed E-state index contributed by atoms with van der Waals surface area (Å²) in [5.41, 5.74) is 0. The summed E-state index contributed by atoms with van der Waals surface area (Å²) in [4.78, 5) is 1.69. The Bertz CT molecular complexity index is 77.3. The van der Waals surface area contributed by atoms with Crippen molar-refractivity contribution in [2.45, 2.75) is 0 Å². The largest absolute Gasteiger partial charge is 0.338 e. The molecule has 0 heterocycles. The van der Waals surface area contributed by atoms with Crippen LogP contribution in [0.3, 0.4) is 0 Å². The third-order valence-electron chi connectivity index (χ3n) is 0.266. The maximum Gasteiger partial charge on any atom is 0.0273 e. The second-order valence-corrected chi connectivity index (χ2v) is 1.29. The van der Waals surface area contributed by atoms with E-state index in [2.05, 4.69) is 11.4 Å². The first kappa shape index (κ1) is 5.65. The minimum atomic E-state index is 1.69. The van der Waals surface area contributed by atoms with E-state index in [1.807, 2.05) is 14.1 Å². The fourth-order valence-electron chi connectivity index (χ4n) is 0.0845. The minimum Gasteiger partial charge on any atom is -0.338 e. The number of hydrogen-bond acceptors (Lipinski definition) is 1. The van der Waals surface area contributed by atoms with Crippen LogP contribution >= 0.6 is 11.6 Å². The summed E-state index contributed by atoms with van der Waals surface area (Å²) < 4.78 is 0. The lowest BCUT2D eigenvalue weighted by Crippen LogP contribution is -1.99. The van der Waals surface area contributed by atoms with Gasteiger partial charge in [-0.25, -0.2) is 0 Å². The van der Waals surface area contributed by atoms with E-state index >= 15 is 0 Å². The van der Waals surface area contributed by atoms with Gasteiger partial charge in [-0.2, -0.15) is 0 Å². The van der Waals surface area contributed by atoms with Crippen LogP contribution in [0.15, 0.2) is 0 Å². The molecule has 0 saturated carbocycles. The molecule has 0 aliphatic rings. The summed E-state index contributed by atoms with van der Waals surface area (Å²) in [6.45, 7) is 0. The highest BCUT2D eigenvalue weighted by Gasteiger charge is 1.65. The van der Waals surface area contributed by atoms with E-state index in [1.165, 1.54) is 0 Å². The van der Waals surface area contributed by atoms with Crippen molar-refractivity contribution in [2.24, 2.45) is 0 Å². The predicted octanol–water partition coefficient (Wildman–Crippen LogP) is 0.705. The van der Waals surface area contributed by atoms with Crippen LogP contribution in [0.1, 0.15) is 0 Å². The van der Waals surface area contributed by atoms with Gasteiger partial charge in [0, 0.05) is 25.5 Å². The Morgan fingerprint density at radius 2 is 2.00 bits per heavy atom. The van der Waals surface area contributed by atoms with Crippen LogP contribution in [-0.4, -0.2) is 19.0 Å². The average Bonchev–Trinajstić information content (AvgIpc) is 1.35. The Morgan fingerprint density at radius 1 is 1.50 bits per heavy atom. The number of rotatable bonds is 0. The third-order valence-corrected chi connectivity index (χ3v) is 0.350. The van der Waals surface area contributed by atoms with E-state index in [4.69, 9.17) is 11.6 Å². The molecule has 34 valence electrons. The molecule has 0 bridgehead atoms. The molecule has 0 aromatic rings. The molecule has 0 fully saturated rings. The Kier molecular flexibility index (Phi) is 2.70. The van der Waals surface area contributed by atoms with Crippen LogP contribution in [0.25, 0.3) is 0 Å². The number of nitrogens with zero attached hydrogens (tertiary/aromatic N) is 1. The number of halogens is 1. The highest BCUT2D eigenvalue weighted by atomic mass is 35.5. The van der Waals surface area contributed by atoms with Gasteiger partial charge >= 0.3 is 0 Å². The highest BCUT2D eigenvalue weighted by Crippen LogP contribution is 1.66. The second kappa shape index (κ2) is 2.87. The molecule has 0 N–H and O–H groups in total. The summed E-state index contributed by atoms with van der Waals surface area (Å²) in [5, 5.41) is 2.22. The van der Waals surface area contributed by atoms with Crippen LogP contribution in [0, 0.1) is 11.4 Å². The van der Waals surface area contributed by atoms with Gasteiger partial charge in [0.15, 0.2) is 0 Å². The van der Waals surface area contributed by atoms with Gasteiger partial charge in [0.05, 0.1) is 0 Å². The van der Waals surface area contributed by atoms with Gasteiger partial charge in [0.1, 0.15) is 0 Å². The van der Waals surface area contributed by atoms with Gasteiger partial charge in [-0.05, 0) is 11.6 Å². The molecule has 0 atom stereocenters. The standard InChI is InChI=1S/C4H6ClN/c1-6(2)4-3-5/h1-2H3. The van der Waals surface area contributed by atoms with Crippen LogP contribution in [0.4, 0.5) is 0 Å². The van der Waals surface area contributed by atoms with Crippen molar-refractivity contribution in [2.75, 3.05) is 14.1 Å². The van der Waals surface area contributed by atoms with E-state index in [0.717, 1.165) is 0 Å². The summed E-state index contributed by atoms with van der Waals surface area (Å²) in [6.07, 6.45) is 0. The van der Waals surface area contributed by atoms with E-state index in [9.17, 15) is 0 Å². The molecule has 0 unspecified atom stereocenters. The Labute approximate surface area is 42.9 Å². The van der Waals surface area contributed by atoms with Crippen molar-refractivity contribution < 1.29 is 0 Å². The molecule has 0 spiro atoms. The monoisotopic (exact) mass is 103 g/mol. The first-order chi connectivity index (χ1) is 2.77. The summed E-state index contributed by atoms with van der Waals surface area (Å²) in [7, 11) is 3.66. The van der Waals surface area contributed by atoms with Gasteiger partial charge in [-0.3, -0.25) is 0 Å². The maximum atomic E-state index is 4.99. The molecule has 0 saturated heterocycles. The Morgan fingerprint density at radius 3 is 2.00 bits per heavy atom. The van der Waals surface area contributed by atoms with Gasteiger partial charge < -0.3 is 4.90 Å². The second-order valence-electron chi connectivity index (χ2n) is 1.10. The summed E-state index contributed by atoms with van der Waals surface area (Å²) in [5.74, 6) is 0. The van der Waals surface area contributed by atoms with Gasteiger partial charge in [-0.15, -0.1) is 0 Å². The third kappa shape index (κ3) is 3.65. The van der Waals surface area contributed by atoms with Crippen molar-refractivity contribution in [3.63, 3.8) is 0 Å². The van der Waals surface area contributed by atoms with Crippen molar-refractivity contribution >= 4 is 11.6 Å². The molecule has 0 amide bonds. The van der Waals surface area contributed by atoms with E-state index in [-0.39, 0.29) is 0 Å². The molecular formula is C4H6ClN. The smallest absolute Gasteiger partial charge is 0.0273 e. The fourth-order valence-corrected chi connectivity index (χ4v) is 0.254. The molecule has 0 aromatic carbocycles. The first-order valence-corrected chi connectivity index (χ1v) is 1.93. The zero-order chi connectivity index (χ0) is 4.99. The Balaban J connectivity index is 3.20. The van der Waals surface area contributed by atoms with Gasteiger partial charge in [0.25, 0.3) is 0 Å². The molecule has 1 nitrogen and oxygen atoms in total. The lowest BCUT2D eigenvalue weighted by atomic mass is 10.9. The Hall–Kier alpha value is -0.350. The van der Waals surface area contributed by atoms with Gasteiger partial charge in [0.2, 0.25) is 0 Å². The van der Waals surface area contributed by atoms with Crippen LogP contribution in [0.2, 0.25) is 0 Å². The summed E-state index contributed by atoms with van der Waals surface area (Å²) in [6, 6.07) is 2.56. The maximum absolute atomic E-state index is 4.99. The molecular weight excluding hydrogens is 97.5 g/mol. The quantitative estimate of drug-likeness (QED) is 0.322. The fraction of sp³-hybridized carbons (Fsp3) is 0.500.